The molecule has 1 N–H and O–H groups in total. The van der Waals surface area contributed by atoms with E-state index in [1.165, 1.54) is 0 Å². The van der Waals surface area contributed by atoms with E-state index in [0.29, 0.717) is 12.8 Å². The Kier molecular flexibility index (Phi) is 6.46. The smallest absolute Gasteiger partial charge is 0.316 e. The topological polar surface area (TPSA) is 12.0 Å². The van der Waals surface area contributed by atoms with Gasteiger partial charge >= 0.3 is 12.4 Å². The molecule has 0 amide bonds. The fraction of sp³-hybridized carbons (Fsp3) is 1.00. The summed E-state index contributed by atoms with van der Waals surface area (Å²) >= 11 is 0. The van der Waals surface area contributed by atoms with E-state index in [2.05, 4.69) is 5.32 Å². The van der Waals surface area contributed by atoms with E-state index < -0.39 is 24.3 Å². The largest absolute Gasteiger partial charge is 0.401 e. The molecule has 7 heteroatoms. The third-order valence-corrected chi connectivity index (χ3v) is 3.22. The molecule has 0 heterocycles. The van der Waals surface area contributed by atoms with Crippen LogP contribution in [0.2, 0.25) is 0 Å². The summed E-state index contributed by atoms with van der Waals surface area (Å²) in [6.07, 6.45) is -9.56. The fourth-order valence-electron chi connectivity index (χ4n) is 2.04. The van der Waals surface area contributed by atoms with Crippen molar-refractivity contribution >= 4 is 0 Å². The van der Waals surface area contributed by atoms with Crippen LogP contribution in [0.25, 0.3) is 0 Å². The van der Waals surface area contributed by atoms with Crippen LogP contribution in [0.1, 0.15) is 33.1 Å². The Hall–Kier alpha value is -0.460. The SMILES string of the molecule is CCC(CC)CC(NC)C(C(F)(F)F)C(F)(F)F. The van der Waals surface area contributed by atoms with Gasteiger partial charge in [0.1, 0.15) is 0 Å². The van der Waals surface area contributed by atoms with Gasteiger partial charge in [0.2, 0.25) is 0 Å². The molecule has 0 fully saturated rings. The third-order valence-electron chi connectivity index (χ3n) is 3.22. The number of nitrogens with one attached hydrogen (secondary N) is 1. The van der Waals surface area contributed by atoms with Gasteiger partial charge < -0.3 is 5.32 Å². The molecule has 0 aromatic carbocycles. The van der Waals surface area contributed by atoms with Crippen LogP contribution in [0, 0.1) is 11.8 Å². The predicted octanol–water partition coefficient (Wildman–Crippen LogP) is 4.14. The van der Waals surface area contributed by atoms with E-state index in [-0.39, 0.29) is 12.3 Å². The van der Waals surface area contributed by atoms with Crippen molar-refractivity contribution < 1.29 is 26.3 Å². The van der Waals surface area contributed by atoms with Gasteiger partial charge in [0.15, 0.2) is 5.92 Å². The number of alkyl halides is 6. The van der Waals surface area contributed by atoms with Gasteiger partial charge in [0.25, 0.3) is 0 Å². The molecule has 0 saturated heterocycles. The van der Waals surface area contributed by atoms with Crippen LogP contribution in [0.5, 0.6) is 0 Å². The fourth-order valence-corrected chi connectivity index (χ4v) is 2.04. The lowest BCUT2D eigenvalue weighted by atomic mass is 9.87. The second-order valence-electron chi connectivity index (χ2n) is 4.37. The standard InChI is InChI=1S/C11H19F6N/c1-4-7(5-2)6-8(18-3)9(10(12,13)14)11(15,16)17/h7-9,18H,4-6H2,1-3H3. The van der Waals surface area contributed by atoms with Crippen molar-refractivity contribution in [2.45, 2.75) is 51.5 Å². The zero-order chi connectivity index (χ0) is 14.6. The average molecular weight is 279 g/mol. The second kappa shape index (κ2) is 6.63. The molecule has 0 radical (unpaired) electrons. The first-order chi connectivity index (χ1) is 8.07. The van der Waals surface area contributed by atoms with Crippen molar-refractivity contribution in [2.24, 2.45) is 11.8 Å². The number of rotatable bonds is 6. The van der Waals surface area contributed by atoms with E-state index in [1.807, 2.05) is 0 Å². The van der Waals surface area contributed by atoms with Crippen LogP contribution in [0.4, 0.5) is 26.3 Å². The normalized spacial score (nSPS) is 15.5. The molecule has 18 heavy (non-hydrogen) atoms. The zero-order valence-corrected chi connectivity index (χ0v) is 10.6. The Bertz CT molecular complexity index is 217. The van der Waals surface area contributed by atoms with E-state index in [1.54, 1.807) is 13.8 Å². The van der Waals surface area contributed by atoms with Gasteiger partial charge in [-0.15, -0.1) is 0 Å². The molecule has 0 aliphatic heterocycles. The third kappa shape index (κ3) is 5.04. The zero-order valence-electron chi connectivity index (χ0n) is 10.6. The minimum atomic E-state index is -5.28. The highest BCUT2D eigenvalue weighted by atomic mass is 19.4. The lowest BCUT2D eigenvalue weighted by molar-refractivity contribution is -0.292. The average Bonchev–Trinajstić information content (AvgIpc) is 2.19. The van der Waals surface area contributed by atoms with Gasteiger partial charge in [-0.25, -0.2) is 0 Å². The monoisotopic (exact) mass is 279 g/mol. The molecule has 1 nitrogen and oxygen atoms in total. The van der Waals surface area contributed by atoms with Gasteiger partial charge in [-0.3, -0.25) is 0 Å². The Labute approximate surface area is 103 Å². The maximum atomic E-state index is 12.6. The number of hydrogen-bond donors (Lipinski definition) is 1. The molecular formula is C11H19F6N. The molecule has 0 aromatic heterocycles. The van der Waals surface area contributed by atoms with Crippen molar-refractivity contribution in [3.63, 3.8) is 0 Å². The van der Waals surface area contributed by atoms with E-state index in [4.69, 9.17) is 0 Å². The molecule has 0 spiro atoms. The highest BCUT2D eigenvalue weighted by Crippen LogP contribution is 2.43. The van der Waals surface area contributed by atoms with Crippen molar-refractivity contribution in [3.8, 4) is 0 Å². The first-order valence-corrected chi connectivity index (χ1v) is 5.88. The van der Waals surface area contributed by atoms with Crippen LogP contribution in [0.15, 0.2) is 0 Å². The van der Waals surface area contributed by atoms with Crippen molar-refractivity contribution in [3.05, 3.63) is 0 Å². The molecule has 0 bridgehead atoms. The Balaban J connectivity index is 5.06. The highest BCUT2D eigenvalue weighted by molar-refractivity contribution is 4.87. The number of halogens is 6. The van der Waals surface area contributed by atoms with Gasteiger partial charge in [-0.05, 0) is 19.4 Å². The highest BCUT2D eigenvalue weighted by Gasteiger charge is 2.59. The van der Waals surface area contributed by atoms with Crippen molar-refractivity contribution in [2.75, 3.05) is 7.05 Å². The first kappa shape index (κ1) is 17.5. The van der Waals surface area contributed by atoms with Gasteiger partial charge in [0, 0.05) is 6.04 Å². The summed E-state index contributed by atoms with van der Waals surface area (Å²) in [5.74, 6) is -3.45. The quantitative estimate of drug-likeness (QED) is 0.720. The minimum absolute atomic E-state index is 0.132. The molecule has 0 aliphatic carbocycles. The summed E-state index contributed by atoms with van der Waals surface area (Å²) in [5, 5.41) is 2.17. The van der Waals surface area contributed by atoms with Gasteiger partial charge in [-0.2, -0.15) is 26.3 Å². The molecule has 1 unspecified atom stereocenters. The molecule has 0 aliphatic rings. The summed E-state index contributed by atoms with van der Waals surface area (Å²) in [5.41, 5.74) is 0. The van der Waals surface area contributed by atoms with Crippen molar-refractivity contribution in [1.82, 2.24) is 5.32 Å². The molecule has 110 valence electrons. The molecular weight excluding hydrogens is 260 g/mol. The summed E-state index contributed by atoms with van der Waals surface area (Å²) in [6, 6.07) is -1.63. The molecule has 0 aromatic rings. The first-order valence-electron chi connectivity index (χ1n) is 5.88. The van der Waals surface area contributed by atoms with Crippen LogP contribution in [-0.4, -0.2) is 25.4 Å². The Morgan fingerprint density at radius 1 is 0.889 bits per heavy atom. The molecule has 0 rings (SSSR count). The van der Waals surface area contributed by atoms with Crippen LogP contribution < -0.4 is 5.32 Å². The maximum Gasteiger partial charge on any atom is 0.401 e. The second-order valence-corrected chi connectivity index (χ2v) is 4.37. The number of hydrogen-bond acceptors (Lipinski definition) is 1. The van der Waals surface area contributed by atoms with Crippen LogP contribution >= 0.6 is 0 Å². The summed E-state index contributed by atoms with van der Waals surface area (Å²) in [7, 11) is 1.14. The lowest BCUT2D eigenvalue weighted by Crippen LogP contribution is -2.50. The minimum Gasteiger partial charge on any atom is -0.316 e. The van der Waals surface area contributed by atoms with E-state index >= 15 is 0 Å². The molecule has 1 atom stereocenters. The summed E-state index contributed by atoms with van der Waals surface area (Å²) in [6.45, 7) is 3.52. The van der Waals surface area contributed by atoms with Gasteiger partial charge in [0.05, 0.1) is 0 Å². The maximum absolute atomic E-state index is 12.6. The summed E-state index contributed by atoms with van der Waals surface area (Å²) < 4.78 is 75.3. The van der Waals surface area contributed by atoms with Gasteiger partial charge in [-0.1, -0.05) is 26.7 Å². The van der Waals surface area contributed by atoms with E-state index in [9.17, 15) is 26.3 Å². The van der Waals surface area contributed by atoms with Crippen LogP contribution in [-0.2, 0) is 0 Å². The van der Waals surface area contributed by atoms with E-state index in [0.717, 1.165) is 7.05 Å². The Morgan fingerprint density at radius 3 is 1.50 bits per heavy atom. The molecule has 0 saturated carbocycles. The lowest BCUT2D eigenvalue weighted by Gasteiger charge is -2.32. The summed E-state index contributed by atoms with van der Waals surface area (Å²) in [4.78, 5) is 0. The van der Waals surface area contributed by atoms with Crippen molar-refractivity contribution in [1.29, 1.82) is 0 Å². The van der Waals surface area contributed by atoms with Crippen LogP contribution in [0.3, 0.4) is 0 Å². The predicted molar refractivity (Wildman–Crippen MR) is 57.1 cm³/mol. The Morgan fingerprint density at radius 2 is 1.28 bits per heavy atom.